The Balaban J connectivity index is 2.25. The SMILES string of the molecule is COC(=O)c1cc2c(cc1/C(=C/c1c(I)cccc1OC)[N+](=O)[O-])OCO2. The standard InChI is InChI=1S/C18H14INO7/c1-24-15-5-3-4-13(19)12(15)6-14(20(22)23)10-7-16-17(27-9-26-16)8-11(10)18(21)25-2/h3-8H,9H2,1-2H3/b14-6-. The van der Waals surface area contributed by atoms with E-state index in [1.54, 1.807) is 18.2 Å². The number of hydrogen-bond acceptors (Lipinski definition) is 7. The van der Waals surface area contributed by atoms with Crippen molar-refractivity contribution < 1.29 is 28.7 Å². The predicted molar refractivity (Wildman–Crippen MR) is 104 cm³/mol. The van der Waals surface area contributed by atoms with Crippen molar-refractivity contribution in [3.8, 4) is 17.2 Å². The molecule has 0 unspecified atom stereocenters. The molecule has 9 heteroatoms. The number of nitrogens with zero attached hydrogens (tertiary/aromatic N) is 1. The van der Waals surface area contributed by atoms with Gasteiger partial charge in [-0.2, -0.15) is 0 Å². The number of fused-ring (bicyclic) bond motifs is 1. The summed E-state index contributed by atoms with van der Waals surface area (Å²) in [5.41, 5.74) is 0.310. The van der Waals surface area contributed by atoms with Gasteiger partial charge in [-0.3, -0.25) is 10.1 Å². The number of benzene rings is 2. The molecule has 8 nitrogen and oxygen atoms in total. The number of esters is 1. The van der Waals surface area contributed by atoms with Gasteiger partial charge in [0.25, 0.3) is 5.70 Å². The first-order chi connectivity index (χ1) is 13.0. The summed E-state index contributed by atoms with van der Waals surface area (Å²) in [6.45, 7) is -0.0265. The van der Waals surface area contributed by atoms with Gasteiger partial charge in [-0.25, -0.2) is 4.79 Å². The van der Waals surface area contributed by atoms with E-state index in [-0.39, 0.29) is 23.6 Å². The van der Waals surface area contributed by atoms with Crippen molar-refractivity contribution in [2.45, 2.75) is 0 Å². The Labute approximate surface area is 168 Å². The van der Waals surface area contributed by atoms with Crippen LogP contribution in [0.2, 0.25) is 0 Å². The minimum Gasteiger partial charge on any atom is -0.496 e. The van der Waals surface area contributed by atoms with E-state index in [0.29, 0.717) is 22.8 Å². The summed E-state index contributed by atoms with van der Waals surface area (Å²) in [6, 6.07) is 8.07. The first-order valence-electron chi connectivity index (χ1n) is 7.67. The van der Waals surface area contributed by atoms with Crippen LogP contribution in [0.3, 0.4) is 0 Å². The molecule has 1 heterocycles. The van der Waals surface area contributed by atoms with E-state index in [4.69, 9.17) is 18.9 Å². The molecule has 0 fully saturated rings. The lowest BCUT2D eigenvalue weighted by molar-refractivity contribution is -0.374. The Hall–Kier alpha value is -2.82. The Bertz CT molecular complexity index is 955. The molecular weight excluding hydrogens is 469 g/mol. The van der Waals surface area contributed by atoms with Gasteiger partial charge in [0.15, 0.2) is 11.5 Å². The number of carbonyl (C=O) groups excluding carboxylic acids is 1. The summed E-state index contributed by atoms with van der Waals surface area (Å²) in [5.74, 6) is 0.404. The quantitative estimate of drug-likeness (QED) is 0.211. The fourth-order valence-electron chi connectivity index (χ4n) is 2.63. The number of halogens is 1. The summed E-state index contributed by atoms with van der Waals surface area (Å²) >= 11 is 2.06. The summed E-state index contributed by atoms with van der Waals surface area (Å²) in [7, 11) is 2.68. The van der Waals surface area contributed by atoms with E-state index in [1.807, 2.05) is 0 Å². The lowest BCUT2D eigenvalue weighted by atomic mass is 10.0. The third-order valence-corrected chi connectivity index (χ3v) is 4.85. The van der Waals surface area contributed by atoms with Crippen LogP contribution in [0.15, 0.2) is 30.3 Å². The molecule has 0 spiro atoms. The van der Waals surface area contributed by atoms with Crippen molar-refractivity contribution in [2.24, 2.45) is 0 Å². The smallest absolute Gasteiger partial charge is 0.338 e. The zero-order chi connectivity index (χ0) is 19.6. The predicted octanol–water partition coefficient (Wildman–Crippen LogP) is 3.59. The molecule has 0 saturated carbocycles. The Morgan fingerprint density at radius 2 is 1.89 bits per heavy atom. The van der Waals surface area contributed by atoms with E-state index in [2.05, 4.69) is 22.6 Å². The van der Waals surface area contributed by atoms with Gasteiger partial charge < -0.3 is 18.9 Å². The molecule has 0 atom stereocenters. The van der Waals surface area contributed by atoms with Gasteiger partial charge in [-0.05, 0) is 46.9 Å². The number of rotatable bonds is 5. The third kappa shape index (κ3) is 3.68. The first-order valence-corrected chi connectivity index (χ1v) is 8.75. The van der Waals surface area contributed by atoms with Gasteiger partial charge in [0, 0.05) is 15.2 Å². The van der Waals surface area contributed by atoms with E-state index < -0.39 is 10.9 Å². The van der Waals surface area contributed by atoms with Gasteiger partial charge in [-0.1, -0.05) is 6.07 Å². The van der Waals surface area contributed by atoms with Gasteiger partial charge in [0.2, 0.25) is 6.79 Å². The topological polar surface area (TPSA) is 97.1 Å². The molecule has 0 aliphatic carbocycles. The fourth-order valence-corrected chi connectivity index (χ4v) is 3.26. The maximum Gasteiger partial charge on any atom is 0.338 e. The molecule has 0 N–H and O–H groups in total. The Kier molecular flexibility index (Phi) is 5.49. The third-order valence-electron chi connectivity index (χ3n) is 3.90. The number of methoxy groups -OCH3 is 2. The normalized spacial score (nSPS) is 12.6. The van der Waals surface area contributed by atoms with Crippen LogP contribution in [-0.4, -0.2) is 31.9 Å². The van der Waals surface area contributed by atoms with Crippen molar-refractivity contribution in [1.29, 1.82) is 0 Å². The second-order valence-electron chi connectivity index (χ2n) is 5.39. The average molecular weight is 483 g/mol. The number of carbonyl (C=O) groups is 1. The second-order valence-corrected chi connectivity index (χ2v) is 6.55. The van der Waals surface area contributed by atoms with Crippen LogP contribution < -0.4 is 14.2 Å². The molecule has 1 aliphatic heterocycles. The largest absolute Gasteiger partial charge is 0.496 e. The van der Waals surface area contributed by atoms with Crippen molar-refractivity contribution in [1.82, 2.24) is 0 Å². The van der Waals surface area contributed by atoms with Gasteiger partial charge >= 0.3 is 5.97 Å². The first kappa shape index (κ1) is 19.0. The zero-order valence-electron chi connectivity index (χ0n) is 14.4. The van der Waals surface area contributed by atoms with Crippen LogP contribution in [-0.2, 0) is 4.74 Å². The lowest BCUT2D eigenvalue weighted by Crippen LogP contribution is -2.09. The van der Waals surface area contributed by atoms with E-state index in [0.717, 1.165) is 3.57 Å². The molecular formula is C18H14INO7. The monoisotopic (exact) mass is 483 g/mol. The molecule has 0 aromatic heterocycles. The van der Waals surface area contributed by atoms with Crippen LogP contribution >= 0.6 is 22.6 Å². The average Bonchev–Trinajstić information content (AvgIpc) is 3.12. The van der Waals surface area contributed by atoms with E-state index in [1.165, 1.54) is 32.4 Å². The number of ether oxygens (including phenoxy) is 4. The highest BCUT2D eigenvalue weighted by Gasteiger charge is 2.28. The Morgan fingerprint density at radius 3 is 2.48 bits per heavy atom. The second kappa shape index (κ2) is 7.82. The van der Waals surface area contributed by atoms with E-state index in [9.17, 15) is 14.9 Å². The Morgan fingerprint density at radius 1 is 1.22 bits per heavy atom. The molecule has 2 aromatic rings. The summed E-state index contributed by atoms with van der Waals surface area (Å²) in [5, 5.41) is 11.8. The van der Waals surface area contributed by atoms with Crippen LogP contribution in [0.4, 0.5) is 0 Å². The lowest BCUT2D eigenvalue weighted by Gasteiger charge is -2.10. The summed E-state index contributed by atoms with van der Waals surface area (Å²) in [6.07, 6.45) is 1.37. The molecule has 1 aliphatic rings. The van der Waals surface area contributed by atoms with Gasteiger partial charge in [-0.15, -0.1) is 0 Å². The molecule has 27 heavy (non-hydrogen) atoms. The highest BCUT2D eigenvalue weighted by Crippen LogP contribution is 2.39. The van der Waals surface area contributed by atoms with Gasteiger partial charge in [0.05, 0.1) is 30.3 Å². The maximum atomic E-state index is 12.2. The highest BCUT2D eigenvalue weighted by atomic mass is 127. The van der Waals surface area contributed by atoms with Crippen molar-refractivity contribution in [3.63, 3.8) is 0 Å². The van der Waals surface area contributed by atoms with Crippen molar-refractivity contribution in [3.05, 3.63) is 60.7 Å². The fraction of sp³-hybridized carbons (Fsp3) is 0.167. The van der Waals surface area contributed by atoms with Crippen LogP contribution in [0.1, 0.15) is 21.5 Å². The minimum absolute atomic E-state index is 0.00889. The molecule has 0 amide bonds. The molecule has 0 saturated heterocycles. The molecule has 3 rings (SSSR count). The van der Waals surface area contributed by atoms with Crippen LogP contribution in [0, 0.1) is 13.7 Å². The van der Waals surface area contributed by atoms with Crippen molar-refractivity contribution >= 4 is 40.3 Å². The van der Waals surface area contributed by atoms with Crippen molar-refractivity contribution in [2.75, 3.05) is 21.0 Å². The summed E-state index contributed by atoms with van der Waals surface area (Å²) < 4.78 is 21.4. The molecule has 0 radical (unpaired) electrons. The van der Waals surface area contributed by atoms with Gasteiger partial charge in [0.1, 0.15) is 5.75 Å². The maximum absolute atomic E-state index is 12.2. The van der Waals surface area contributed by atoms with E-state index >= 15 is 0 Å². The highest BCUT2D eigenvalue weighted by molar-refractivity contribution is 14.1. The number of hydrogen-bond donors (Lipinski definition) is 0. The summed E-state index contributed by atoms with van der Waals surface area (Å²) in [4.78, 5) is 23.5. The molecule has 0 bridgehead atoms. The molecule has 140 valence electrons. The van der Waals surface area contributed by atoms with Crippen LogP contribution in [0.5, 0.6) is 17.2 Å². The minimum atomic E-state index is -0.717. The number of nitro groups is 1. The van der Waals surface area contributed by atoms with Crippen LogP contribution in [0.25, 0.3) is 11.8 Å². The zero-order valence-corrected chi connectivity index (χ0v) is 16.5. The molecule has 2 aromatic carbocycles.